The smallest absolute Gasteiger partial charge is 0.425 e. The van der Waals surface area contributed by atoms with Crippen molar-refractivity contribution in [3.05, 3.63) is 58.7 Å². The fourth-order valence-corrected chi connectivity index (χ4v) is 5.35. The summed E-state index contributed by atoms with van der Waals surface area (Å²) in [5.74, 6) is 0.00956. The first kappa shape index (κ1) is 26.8. The van der Waals surface area contributed by atoms with E-state index in [0.29, 0.717) is 36.3 Å². The third-order valence-corrected chi connectivity index (χ3v) is 7.35. The van der Waals surface area contributed by atoms with E-state index in [4.69, 9.17) is 15.2 Å². The molecule has 39 heavy (non-hydrogen) atoms. The quantitative estimate of drug-likeness (QED) is 0.583. The van der Waals surface area contributed by atoms with Crippen LogP contribution < -0.4 is 20.5 Å². The number of aliphatic imine (C=N–C) groups is 1. The van der Waals surface area contributed by atoms with Gasteiger partial charge in [0.15, 0.2) is 12.1 Å². The van der Waals surface area contributed by atoms with Crippen molar-refractivity contribution in [3.63, 3.8) is 0 Å². The highest BCUT2D eigenvalue weighted by atomic mass is 19.4. The Kier molecular flexibility index (Phi) is 7.42. The number of benzene rings is 2. The van der Waals surface area contributed by atoms with Crippen LogP contribution in [0.5, 0.6) is 11.5 Å². The molecule has 6 bridgehead atoms. The number of hydrogen-bond acceptors (Lipinski definition) is 6. The fourth-order valence-electron chi connectivity index (χ4n) is 5.35. The van der Waals surface area contributed by atoms with Gasteiger partial charge in [-0.05, 0) is 56.0 Å². The van der Waals surface area contributed by atoms with Gasteiger partial charge in [-0.1, -0.05) is 18.6 Å². The average molecular weight is 545 g/mol. The SMILES string of the molecule is CCOc1ccc2cc1CN1C(=O)CC(CCCCc3ccc4c(c3)C(CC(C(F)(F)F)O4)NC2=O)N=C1N. The molecular formula is C28H31F3N4O4. The highest BCUT2D eigenvalue weighted by molar-refractivity contribution is 5.99. The van der Waals surface area contributed by atoms with Crippen molar-refractivity contribution in [2.75, 3.05) is 6.61 Å². The van der Waals surface area contributed by atoms with Gasteiger partial charge in [0, 0.05) is 29.5 Å². The monoisotopic (exact) mass is 544 g/mol. The fraction of sp³-hybridized carbons (Fsp3) is 0.464. The number of nitrogens with zero attached hydrogens (tertiary/aromatic N) is 2. The standard InChI is InChI=1S/C28H31F3N4O4/c1-2-38-22-10-8-17-12-18(22)15-35-25(36)13-19(33-27(35)32)6-4-3-5-16-7-9-23-20(11-16)21(34-26(17)37)14-24(39-23)28(29,30)31/h7-12,19,21,24H,2-6,13-15H2,1H3,(H2,32,33)(H,34,37). The Hall–Kier alpha value is -3.76. The van der Waals surface area contributed by atoms with Crippen LogP contribution >= 0.6 is 0 Å². The van der Waals surface area contributed by atoms with Crippen LogP contribution in [0, 0.1) is 0 Å². The van der Waals surface area contributed by atoms with Crippen LogP contribution in [0.3, 0.4) is 0 Å². The maximum Gasteiger partial charge on any atom is 0.425 e. The lowest BCUT2D eigenvalue weighted by Gasteiger charge is -2.34. The molecule has 2 aromatic carbocycles. The third-order valence-electron chi connectivity index (χ3n) is 7.35. The Morgan fingerprint density at radius 1 is 1.18 bits per heavy atom. The van der Waals surface area contributed by atoms with Crippen molar-refractivity contribution >= 4 is 17.8 Å². The van der Waals surface area contributed by atoms with Crippen LogP contribution in [0.1, 0.15) is 72.1 Å². The first-order chi connectivity index (χ1) is 18.6. The highest BCUT2D eigenvalue weighted by Crippen LogP contribution is 2.41. The molecule has 3 atom stereocenters. The maximum absolute atomic E-state index is 13.7. The lowest BCUT2D eigenvalue weighted by atomic mass is 9.92. The summed E-state index contributed by atoms with van der Waals surface area (Å²) in [5.41, 5.74) is 8.42. The van der Waals surface area contributed by atoms with Crippen molar-refractivity contribution < 1.29 is 32.2 Å². The molecule has 4 aliphatic rings. The summed E-state index contributed by atoms with van der Waals surface area (Å²) in [6.07, 6.45) is -3.84. The molecule has 6 rings (SSSR count). The van der Waals surface area contributed by atoms with E-state index in [-0.39, 0.29) is 42.2 Å². The van der Waals surface area contributed by atoms with E-state index in [0.717, 1.165) is 18.4 Å². The van der Waals surface area contributed by atoms with Crippen LogP contribution in [-0.2, 0) is 17.8 Å². The zero-order valence-corrected chi connectivity index (χ0v) is 21.6. The molecule has 2 aromatic rings. The van der Waals surface area contributed by atoms with Gasteiger partial charge in [-0.3, -0.25) is 14.5 Å². The van der Waals surface area contributed by atoms with Gasteiger partial charge in [-0.25, -0.2) is 4.99 Å². The van der Waals surface area contributed by atoms with E-state index in [1.54, 1.807) is 30.3 Å². The van der Waals surface area contributed by atoms with E-state index in [2.05, 4.69) is 10.3 Å². The van der Waals surface area contributed by atoms with Crippen LogP contribution in [0.2, 0.25) is 0 Å². The van der Waals surface area contributed by atoms with Crippen molar-refractivity contribution in [1.29, 1.82) is 0 Å². The number of carbonyl (C=O) groups is 2. The number of alkyl halides is 3. The maximum atomic E-state index is 13.7. The zero-order chi connectivity index (χ0) is 27.7. The van der Waals surface area contributed by atoms with Gasteiger partial charge < -0.3 is 20.5 Å². The number of hydrogen-bond donors (Lipinski definition) is 2. The molecule has 4 aliphatic heterocycles. The lowest BCUT2D eigenvalue weighted by molar-refractivity contribution is -0.201. The minimum Gasteiger partial charge on any atom is -0.494 e. The van der Waals surface area contributed by atoms with Gasteiger partial charge in [0.05, 0.1) is 25.2 Å². The van der Waals surface area contributed by atoms with Gasteiger partial charge in [0.2, 0.25) is 5.91 Å². The molecule has 0 saturated carbocycles. The van der Waals surface area contributed by atoms with Crippen molar-refractivity contribution in [3.8, 4) is 11.5 Å². The van der Waals surface area contributed by atoms with Gasteiger partial charge >= 0.3 is 6.18 Å². The largest absolute Gasteiger partial charge is 0.494 e. The van der Waals surface area contributed by atoms with Crippen LogP contribution in [0.4, 0.5) is 13.2 Å². The Labute approximate surface area is 224 Å². The van der Waals surface area contributed by atoms with Crippen LogP contribution in [0.15, 0.2) is 41.4 Å². The van der Waals surface area contributed by atoms with Gasteiger partial charge in [0.1, 0.15) is 11.5 Å². The molecule has 3 unspecified atom stereocenters. The van der Waals surface area contributed by atoms with E-state index in [1.807, 2.05) is 13.0 Å². The van der Waals surface area contributed by atoms with Crippen molar-refractivity contribution in [2.45, 2.75) is 76.4 Å². The second-order valence-corrected chi connectivity index (χ2v) is 10.1. The van der Waals surface area contributed by atoms with E-state index in [9.17, 15) is 22.8 Å². The minimum absolute atomic E-state index is 0.0525. The number of rotatable bonds is 2. The summed E-state index contributed by atoms with van der Waals surface area (Å²) < 4.78 is 52.1. The second kappa shape index (κ2) is 10.8. The molecule has 0 aromatic heterocycles. The van der Waals surface area contributed by atoms with Gasteiger partial charge in [-0.2, -0.15) is 13.2 Å². The molecule has 208 valence electrons. The molecule has 0 aliphatic carbocycles. The number of fused-ring (bicyclic) bond motifs is 5. The van der Waals surface area contributed by atoms with Gasteiger partial charge in [0.25, 0.3) is 5.91 Å². The normalized spacial score (nSPS) is 23.7. The average Bonchev–Trinajstić information content (AvgIpc) is 2.88. The molecule has 4 heterocycles. The molecule has 3 N–H and O–H groups in total. The zero-order valence-electron chi connectivity index (χ0n) is 21.6. The summed E-state index contributed by atoms with van der Waals surface area (Å²) in [4.78, 5) is 32.3. The van der Waals surface area contributed by atoms with Crippen molar-refractivity contribution in [1.82, 2.24) is 10.2 Å². The number of nitrogens with one attached hydrogen (secondary N) is 1. The summed E-state index contributed by atoms with van der Waals surface area (Å²) >= 11 is 0. The molecule has 8 nitrogen and oxygen atoms in total. The number of ether oxygens (including phenoxy) is 2. The molecular weight excluding hydrogens is 513 g/mol. The summed E-state index contributed by atoms with van der Waals surface area (Å²) in [6.45, 7) is 2.23. The molecule has 0 saturated heterocycles. The molecule has 0 fully saturated rings. The topological polar surface area (TPSA) is 106 Å². The van der Waals surface area contributed by atoms with Gasteiger partial charge in [-0.15, -0.1) is 0 Å². The van der Waals surface area contributed by atoms with E-state index < -0.39 is 30.7 Å². The van der Waals surface area contributed by atoms with Crippen LogP contribution in [-0.4, -0.2) is 47.6 Å². The number of carbonyl (C=O) groups excluding carboxylic acids is 2. The third kappa shape index (κ3) is 5.81. The second-order valence-electron chi connectivity index (χ2n) is 10.1. The van der Waals surface area contributed by atoms with Crippen molar-refractivity contribution in [2.24, 2.45) is 10.7 Å². The Balaban J connectivity index is 1.54. The molecule has 2 amide bonds. The molecule has 0 spiro atoms. The number of guanidine groups is 1. The first-order valence-electron chi connectivity index (χ1n) is 13.2. The summed E-state index contributed by atoms with van der Waals surface area (Å²) in [5, 5.41) is 2.80. The summed E-state index contributed by atoms with van der Waals surface area (Å²) in [6, 6.07) is 8.75. The highest BCUT2D eigenvalue weighted by Gasteiger charge is 2.46. The van der Waals surface area contributed by atoms with E-state index in [1.165, 1.54) is 4.90 Å². The Morgan fingerprint density at radius 3 is 2.74 bits per heavy atom. The number of halogens is 3. The first-order valence-corrected chi connectivity index (χ1v) is 13.2. The Bertz CT molecular complexity index is 1300. The molecule has 0 radical (unpaired) electrons. The number of aryl methyl sites for hydroxylation is 1. The van der Waals surface area contributed by atoms with Crippen LogP contribution in [0.25, 0.3) is 0 Å². The number of amides is 2. The van der Waals surface area contributed by atoms with E-state index >= 15 is 0 Å². The molecule has 11 heteroatoms. The lowest BCUT2D eigenvalue weighted by Crippen LogP contribution is -2.46. The predicted molar refractivity (Wildman–Crippen MR) is 137 cm³/mol. The number of nitrogens with two attached hydrogens (primary N) is 1. The predicted octanol–water partition coefficient (Wildman–Crippen LogP) is 4.41. The summed E-state index contributed by atoms with van der Waals surface area (Å²) in [7, 11) is 0. The minimum atomic E-state index is -4.58. The Morgan fingerprint density at radius 2 is 2.00 bits per heavy atom.